The summed E-state index contributed by atoms with van der Waals surface area (Å²) in [6.07, 6.45) is 8.30. The van der Waals surface area contributed by atoms with Gasteiger partial charge in [-0.2, -0.15) is 0 Å². The van der Waals surface area contributed by atoms with E-state index in [1.54, 1.807) is 28.4 Å². The fraction of sp³-hybridized carbons (Fsp3) is 0.0952. The van der Waals surface area contributed by atoms with Crippen LogP contribution >= 0.6 is 0 Å². The average molecular weight is 603 g/mol. The van der Waals surface area contributed by atoms with Crippen molar-refractivity contribution >= 4 is 24.3 Å². The molecule has 0 radical (unpaired) electrons. The number of methoxy groups -OCH3 is 4. The van der Waals surface area contributed by atoms with Crippen molar-refractivity contribution in [3.63, 3.8) is 0 Å². The summed E-state index contributed by atoms with van der Waals surface area (Å²) in [6.45, 7) is 0. The Morgan fingerprint density at radius 3 is 0.978 bits per heavy atom. The quantitative estimate of drug-likeness (QED) is 0.131. The molecule has 5 aromatic rings. The zero-order chi connectivity index (χ0) is 32.1. The molecule has 4 nitrogen and oxygen atoms in total. The van der Waals surface area contributed by atoms with Gasteiger partial charge in [0, 0.05) is 22.3 Å². The first kappa shape index (κ1) is 31.3. The molecule has 5 aromatic carbocycles. The third-order valence-electron chi connectivity index (χ3n) is 7.23. The van der Waals surface area contributed by atoms with Gasteiger partial charge in [0.05, 0.1) is 28.4 Å². The summed E-state index contributed by atoms with van der Waals surface area (Å²) < 4.78 is 21.3. The molecule has 0 saturated heterocycles. The van der Waals surface area contributed by atoms with Gasteiger partial charge in [0.2, 0.25) is 0 Å². The van der Waals surface area contributed by atoms with Gasteiger partial charge in [-0.15, -0.1) is 0 Å². The van der Waals surface area contributed by atoms with Crippen molar-refractivity contribution in [3.05, 3.63) is 154 Å². The van der Waals surface area contributed by atoms with E-state index in [0.717, 1.165) is 67.5 Å². The van der Waals surface area contributed by atoms with E-state index in [0.29, 0.717) is 0 Å². The zero-order valence-electron chi connectivity index (χ0n) is 26.3. The molecule has 0 aliphatic rings. The number of hydrogen-bond donors (Lipinski definition) is 0. The van der Waals surface area contributed by atoms with Crippen molar-refractivity contribution in [1.29, 1.82) is 0 Å². The topological polar surface area (TPSA) is 36.9 Å². The number of benzene rings is 5. The highest BCUT2D eigenvalue weighted by atomic mass is 16.5. The van der Waals surface area contributed by atoms with Crippen LogP contribution in [0.2, 0.25) is 0 Å². The molecule has 0 aliphatic carbocycles. The molecule has 0 aliphatic heterocycles. The Balaban J connectivity index is 1.61. The molecule has 0 heterocycles. The lowest BCUT2D eigenvalue weighted by molar-refractivity contribution is 0.414. The summed E-state index contributed by atoms with van der Waals surface area (Å²) in [6, 6.07) is 35.6. The Kier molecular flexibility index (Phi) is 10.6. The fourth-order valence-electron chi connectivity index (χ4n) is 4.56. The van der Waals surface area contributed by atoms with E-state index in [4.69, 9.17) is 18.9 Å². The van der Waals surface area contributed by atoms with Crippen LogP contribution in [0.25, 0.3) is 24.3 Å². The number of hydrogen-bond acceptors (Lipinski definition) is 4. The Labute approximate surface area is 271 Å². The van der Waals surface area contributed by atoms with Gasteiger partial charge in [0.1, 0.15) is 23.0 Å². The molecule has 0 amide bonds. The van der Waals surface area contributed by atoms with Gasteiger partial charge in [-0.05, 0) is 107 Å². The summed E-state index contributed by atoms with van der Waals surface area (Å²) in [5.41, 5.74) is 7.55. The standard InChI is InChI=1S/C42H34O4/c1-43-39-21-9-31(10-22-39)5-17-35-29-37(19-7-33-13-25-41(45-3)26-14-33)38(20-8-34-15-27-42(46-4)28-16-34)30-36(35)18-6-32-11-23-40(44-2)24-12-32/h5,8-17,20-30H,1-4H3/b17-5+,20-8+. The predicted molar refractivity (Wildman–Crippen MR) is 188 cm³/mol. The summed E-state index contributed by atoms with van der Waals surface area (Å²) in [5.74, 6) is 16.7. The lowest BCUT2D eigenvalue weighted by Crippen LogP contribution is -1.91. The Morgan fingerprint density at radius 1 is 0.370 bits per heavy atom. The molecular formula is C42H34O4. The minimum absolute atomic E-state index is 0.791. The van der Waals surface area contributed by atoms with Crippen molar-refractivity contribution in [2.45, 2.75) is 0 Å². The molecule has 0 bridgehead atoms. The highest BCUT2D eigenvalue weighted by Gasteiger charge is 2.06. The minimum atomic E-state index is 0.791. The SMILES string of the molecule is COc1ccc(C#Cc2cc(/C=C/c3ccc(OC)cc3)c(C#Cc3ccc(OC)cc3)cc2/C=C/c2ccc(OC)cc2)cc1. The zero-order valence-corrected chi connectivity index (χ0v) is 26.3. The Bertz CT molecular complexity index is 1800. The third kappa shape index (κ3) is 8.50. The van der Waals surface area contributed by atoms with Gasteiger partial charge in [-0.1, -0.05) is 72.3 Å². The van der Waals surface area contributed by atoms with E-state index in [1.165, 1.54) is 0 Å². The van der Waals surface area contributed by atoms with Gasteiger partial charge in [0.25, 0.3) is 0 Å². The molecule has 0 unspecified atom stereocenters. The lowest BCUT2D eigenvalue weighted by Gasteiger charge is -2.07. The molecule has 226 valence electrons. The first-order chi connectivity index (χ1) is 22.6. The monoisotopic (exact) mass is 602 g/mol. The molecule has 0 atom stereocenters. The van der Waals surface area contributed by atoms with Crippen molar-refractivity contribution in [2.75, 3.05) is 28.4 Å². The van der Waals surface area contributed by atoms with Gasteiger partial charge in [-0.3, -0.25) is 0 Å². The van der Waals surface area contributed by atoms with Gasteiger partial charge < -0.3 is 18.9 Å². The molecule has 4 heteroatoms. The maximum atomic E-state index is 5.33. The molecule has 0 saturated carbocycles. The second-order valence-electron chi connectivity index (χ2n) is 10.2. The van der Waals surface area contributed by atoms with E-state index in [1.807, 2.05) is 97.1 Å². The first-order valence-electron chi connectivity index (χ1n) is 14.7. The maximum absolute atomic E-state index is 5.33. The summed E-state index contributed by atoms with van der Waals surface area (Å²) in [5, 5.41) is 0. The number of rotatable bonds is 8. The molecule has 46 heavy (non-hydrogen) atoms. The number of ether oxygens (including phenoxy) is 4. The fourth-order valence-corrected chi connectivity index (χ4v) is 4.56. The smallest absolute Gasteiger partial charge is 0.118 e. The summed E-state index contributed by atoms with van der Waals surface area (Å²) in [4.78, 5) is 0. The third-order valence-corrected chi connectivity index (χ3v) is 7.23. The highest BCUT2D eigenvalue weighted by Crippen LogP contribution is 2.23. The van der Waals surface area contributed by atoms with Crippen molar-refractivity contribution < 1.29 is 18.9 Å². The second kappa shape index (κ2) is 15.6. The molecular weight excluding hydrogens is 568 g/mol. The Hall–Kier alpha value is -6.10. The van der Waals surface area contributed by atoms with E-state index in [-0.39, 0.29) is 0 Å². The van der Waals surface area contributed by atoms with E-state index in [2.05, 4.69) is 60.1 Å². The second-order valence-corrected chi connectivity index (χ2v) is 10.2. The van der Waals surface area contributed by atoms with Crippen LogP contribution in [0.3, 0.4) is 0 Å². The predicted octanol–water partition coefficient (Wildman–Crippen LogP) is 8.86. The van der Waals surface area contributed by atoms with Crippen LogP contribution in [0.1, 0.15) is 44.5 Å². The van der Waals surface area contributed by atoms with Crippen LogP contribution in [-0.2, 0) is 0 Å². The van der Waals surface area contributed by atoms with Crippen molar-refractivity contribution in [1.82, 2.24) is 0 Å². The van der Waals surface area contributed by atoms with Crippen LogP contribution < -0.4 is 18.9 Å². The maximum Gasteiger partial charge on any atom is 0.118 e. The minimum Gasteiger partial charge on any atom is -0.497 e. The van der Waals surface area contributed by atoms with E-state index >= 15 is 0 Å². The van der Waals surface area contributed by atoms with Gasteiger partial charge in [0.15, 0.2) is 0 Å². The molecule has 0 N–H and O–H groups in total. The lowest BCUT2D eigenvalue weighted by atomic mass is 9.96. The molecule has 0 aromatic heterocycles. The van der Waals surface area contributed by atoms with Gasteiger partial charge in [-0.25, -0.2) is 0 Å². The van der Waals surface area contributed by atoms with E-state index < -0.39 is 0 Å². The molecule has 0 fully saturated rings. The highest BCUT2D eigenvalue weighted by molar-refractivity contribution is 5.79. The van der Waals surface area contributed by atoms with Crippen LogP contribution in [0.5, 0.6) is 23.0 Å². The molecule has 5 rings (SSSR count). The largest absolute Gasteiger partial charge is 0.497 e. The summed E-state index contributed by atoms with van der Waals surface area (Å²) in [7, 11) is 6.64. The van der Waals surface area contributed by atoms with Gasteiger partial charge >= 0.3 is 0 Å². The van der Waals surface area contributed by atoms with Crippen LogP contribution in [-0.4, -0.2) is 28.4 Å². The van der Waals surface area contributed by atoms with E-state index in [9.17, 15) is 0 Å². The van der Waals surface area contributed by atoms with Crippen molar-refractivity contribution in [3.8, 4) is 46.7 Å². The van der Waals surface area contributed by atoms with Crippen LogP contribution in [0.4, 0.5) is 0 Å². The van der Waals surface area contributed by atoms with Crippen molar-refractivity contribution in [2.24, 2.45) is 0 Å². The first-order valence-corrected chi connectivity index (χ1v) is 14.7. The molecule has 0 spiro atoms. The average Bonchev–Trinajstić information content (AvgIpc) is 3.12. The summed E-state index contributed by atoms with van der Waals surface area (Å²) >= 11 is 0. The van der Waals surface area contributed by atoms with Crippen LogP contribution in [0, 0.1) is 23.7 Å². The normalized spacial score (nSPS) is 10.5. The van der Waals surface area contributed by atoms with Crippen LogP contribution in [0.15, 0.2) is 109 Å². The Morgan fingerprint density at radius 2 is 0.674 bits per heavy atom.